The van der Waals surface area contributed by atoms with Crippen LogP contribution in [0.3, 0.4) is 0 Å². The maximum atomic E-state index is 12.9. The van der Waals surface area contributed by atoms with Crippen molar-refractivity contribution in [1.82, 2.24) is 4.98 Å². The van der Waals surface area contributed by atoms with Gasteiger partial charge in [0.2, 0.25) is 0 Å². The standard InChI is InChI=1S/C16H13FN2OS2/c1-9-7-14(22-10(9)2)15(20)19-16-18-13(8-21-16)11-3-5-12(17)6-4-11/h3-8H,1-2H3,(H,18,19,20). The Kier molecular flexibility index (Phi) is 4.04. The minimum atomic E-state index is -0.282. The molecule has 112 valence electrons. The molecule has 1 N–H and O–H groups in total. The molecule has 0 unspecified atom stereocenters. The summed E-state index contributed by atoms with van der Waals surface area (Å²) < 4.78 is 12.9. The number of aryl methyl sites for hydroxylation is 2. The number of thiazole rings is 1. The topological polar surface area (TPSA) is 42.0 Å². The molecular weight excluding hydrogens is 319 g/mol. The highest BCUT2D eigenvalue weighted by atomic mass is 32.1. The predicted molar refractivity (Wildman–Crippen MR) is 89.3 cm³/mol. The molecule has 0 aliphatic rings. The molecule has 22 heavy (non-hydrogen) atoms. The van der Waals surface area contributed by atoms with Crippen LogP contribution >= 0.6 is 22.7 Å². The Morgan fingerprint density at radius 2 is 1.95 bits per heavy atom. The number of thiophene rings is 1. The zero-order valence-corrected chi connectivity index (χ0v) is 13.6. The summed E-state index contributed by atoms with van der Waals surface area (Å²) in [4.78, 5) is 18.4. The second kappa shape index (κ2) is 5.98. The van der Waals surface area contributed by atoms with Gasteiger partial charge in [0, 0.05) is 15.8 Å². The van der Waals surface area contributed by atoms with Gasteiger partial charge >= 0.3 is 0 Å². The van der Waals surface area contributed by atoms with Gasteiger partial charge in [0.25, 0.3) is 5.91 Å². The molecule has 2 aromatic heterocycles. The number of nitrogens with one attached hydrogen (secondary N) is 1. The number of rotatable bonds is 3. The molecule has 1 aromatic carbocycles. The fraction of sp³-hybridized carbons (Fsp3) is 0.125. The number of anilines is 1. The SMILES string of the molecule is Cc1cc(C(=O)Nc2nc(-c3ccc(F)cc3)cs2)sc1C. The van der Waals surface area contributed by atoms with Gasteiger partial charge in [0.05, 0.1) is 10.6 Å². The van der Waals surface area contributed by atoms with E-state index >= 15 is 0 Å². The van der Waals surface area contributed by atoms with E-state index in [1.807, 2.05) is 25.3 Å². The lowest BCUT2D eigenvalue weighted by Gasteiger charge is -1.98. The van der Waals surface area contributed by atoms with Crippen molar-refractivity contribution in [2.45, 2.75) is 13.8 Å². The first-order valence-electron chi connectivity index (χ1n) is 6.63. The lowest BCUT2D eigenvalue weighted by Crippen LogP contribution is -2.09. The first-order valence-corrected chi connectivity index (χ1v) is 8.32. The Morgan fingerprint density at radius 1 is 1.23 bits per heavy atom. The zero-order chi connectivity index (χ0) is 15.7. The number of halogens is 1. The zero-order valence-electron chi connectivity index (χ0n) is 12.0. The molecule has 3 aromatic rings. The Balaban J connectivity index is 1.76. The highest BCUT2D eigenvalue weighted by molar-refractivity contribution is 7.15. The summed E-state index contributed by atoms with van der Waals surface area (Å²) in [6.45, 7) is 3.98. The van der Waals surface area contributed by atoms with Crippen molar-refractivity contribution in [3.63, 3.8) is 0 Å². The van der Waals surface area contributed by atoms with E-state index in [-0.39, 0.29) is 11.7 Å². The van der Waals surface area contributed by atoms with E-state index in [9.17, 15) is 9.18 Å². The molecule has 0 aliphatic heterocycles. The van der Waals surface area contributed by atoms with Gasteiger partial charge in [-0.2, -0.15) is 0 Å². The second-order valence-corrected chi connectivity index (χ2v) is 6.96. The fourth-order valence-electron chi connectivity index (χ4n) is 1.93. The average Bonchev–Trinajstić information content (AvgIpc) is 3.08. The van der Waals surface area contributed by atoms with Crippen molar-refractivity contribution in [1.29, 1.82) is 0 Å². The van der Waals surface area contributed by atoms with Gasteiger partial charge in [-0.25, -0.2) is 9.37 Å². The maximum Gasteiger partial charge on any atom is 0.267 e. The van der Waals surface area contributed by atoms with E-state index in [0.717, 1.165) is 21.7 Å². The molecule has 1 amide bonds. The van der Waals surface area contributed by atoms with Crippen LogP contribution < -0.4 is 5.32 Å². The summed E-state index contributed by atoms with van der Waals surface area (Å²) in [6.07, 6.45) is 0. The monoisotopic (exact) mass is 332 g/mol. The molecule has 0 atom stereocenters. The Labute approximate surface area is 135 Å². The number of amides is 1. The van der Waals surface area contributed by atoms with Gasteiger partial charge in [-0.05, 0) is 49.7 Å². The van der Waals surface area contributed by atoms with E-state index in [2.05, 4.69) is 10.3 Å². The summed E-state index contributed by atoms with van der Waals surface area (Å²) in [7, 11) is 0. The predicted octanol–water partition coefficient (Wildman–Crippen LogP) is 4.88. The van der Waals surface area contributed by atoms with Crippen molar-refractivity contribution in [2.75, 3.05) is 5.32 Å². The van der Waals surface area contributed by atoms with Gasteiger partial charge in [-0.3, -0.25) is 10.1 Å². The number of hydrogen-bond acceptors (Lipinski definition) is 4. The smallest absolute Gasteiger partial charge is 0.267 e. The highest BCUT2D eigenvalue weighted by Crippen LogP contribution is 2.26. The molecule has 0 radical (unpaired) electrons. The van der Waals surface area contributed by atoms with Gasteiger partial charge in [0.1, 0.15) is 5.82 Å². The van der Waals surface area contributed by atoms with Crippen LogP contribution in [0.4, 0.5) is 9.52 Å². The van der Waals surface area contributed by atoms with Crippen LogP contribution in [-0.2, 0) is 0 Å². The van der Waals surface area contributed by atoms with E-state index in [4.69, 9.17) is 0 Å². The molecule has 0 aliphatic carbocycles. The minimum Gasteiger partial charge on any atom is -0.297 e. The first-order chi connectivity index (χ1) is 10.5. The van der Waals surface area contributed by atoms with Crippen molar-refractivity contribution in [2.24, 2.45) is 0 Å². The van der Waals surface area contributed by atoms with Crippen LogP contribution in [0.2, 0.25) is 0 Å². The largest absolute Gasteiger partial charge is 0.297 e. The van der Waals surface area contributed by atoms with E-state index in [1.165, 1.54) is 34.8 Å². The molecule has 0 bridgehead atoms. The first kappa shape index (κ1) is 14.9. The lowest BCUT2D eigenvalue weighted by atomic mass is 10.2. The molecule has 0 saturated heterocycles. The van der Waals surface area contributed by atoms with Gasteiger partial charge in [-0.15, -0.1) is 22.7 Å². The molecule has 0 spiro atoms. The van der Waals surface area contributed by atoms with Crippen LogP contribution in [0.1, 0.15) is 20.1 Å². The number of hydrogen-bond donors (Lipinski definition) is 1. The van der Waals surface area contributed by atoms with Crippen molar-refractivity contribution in [3.05, 3.63) is 56.8 Å². The van der Waals surface area contributed by atoms with Crippen LogP contribution in [-0.4, -0.2) is 10.9 Å². The number of aromatic nitrogens is 1. The Morgan fingerprint density at radius 3 is 2.59 bits per heavy atom. The molecular formula is C16H13FN2OS2. The van der Waals surface area contributed by atoms with E-state index in [0.29, 0.717) is 10.0 Å². The van der Waals surface area contributed by atoms with Crippen LogP contribution in [0.25, 0.3) is 11.3 Å². The summed E-state index contributed by atoms with van der Waals surface area (Å²) in [5.41, 5.74) is 2.65. The molecule has 3 rings (SSSR count). The third kappa shape index (κ3) is 3.08. The quantitative estimate of drug-likeness (QED) is 0.743. The molecule has 0 saturated carbocycles. The summed E-state index contributed by atoms with van der Waals surface area (Å²) in [5.74, 6) is -0.433. The molecule has 3 nitrogen and oxygen atoms in total. The van der Waals surface area contributed by atoms with Crippen molar-refractivity contribution < 1.29 is 9.18 Å². The highest BCUT2D eigenvalue weighted by Gasteiger charge is 2.13. The van der Waals surface area contributed by atoms with Crippen LogP contribution in [0.15, 0.2) is 35.7 Å². The van der Waals surface area contributed by atoms with Gasteiger partial charge < -0.3 is 0 Å². The van der Waals surface area contributed by atoms with Crippen LogP contribution in [0, 0.1) is 19.7 Å². The molecule has 2 heterocycles. The van der Waals surface area contributed by atoms with Crippen molar-refractivity contribution in [3.8, 4) is 11.3 Å². The lowest BCUT2D eigenvalue weighted by molar-refractivity contribution is 0.103. The van der Waals surface area contributed by atoms with E-state index < -0.39 is 0 Å². The van der Waals surface area contributed by atoms with Crippen LogP contribution in [0.5, 0.6) is 0 Å². The maximum absolute atomic E-state index is 12.9. The van der Waals surface area contributed by atoms with Crippen molar-refractivity contribution >= 4 is 33.7 Å². The summed E-state index contributed by atoms with van der Waals surface area (Å²) >= 11 is 2.82. The third-order valence-electron chi connectivity index (χ3n) is 3.25. The van der Waals surface area contributed by atoms with E-state index in [1.54, 1.807) is 12.1 Å². The number of carbonyl (C=O) groups excluding carboxylic acids is 1. The Bertz CT molecular complexity index is 802. The average molecular weight is 332 g/mol. The Hall–Kier alpha value is -2.05. The number of carbonyl (C=O) groups is 1. The fourth-order valence-corrected chi connectivity index (χ4v) is 3.57. The third-order valence-corrected chi connectivity index (χ3v) is 5.16. The summed E-state index contributed by atoms with van der Waals surface area (Å²) in [5, 5.41) is 5.18. The second-order valence-electron chi connectivity index (χ2n) is 4.85. The number of nitrogens with zero attached hydrogens (tertiary/aromatic N) is 1. The number of benzene rings is 1. The van der Waals surface area contributed by atoms with Gasteiger partial charge in [0.15, 0.2) is 5.13 Å². The van der Waals surface area contributed by atoms with Gasteiger partial charge in [-0.1, -0.05) is 0 Å². The minimum absolute atomic E-state index is 0.152. The summed E-state index contributed by atoms with van der Waals surface area (Å²) in [6, 6.07) is 8.00. The molecule has 6 heteroatoms. The molecule has 0 fully saturated rings. The normalized spacial score (nSPS) is 10.7.